The Bertz CT molecular complexity index is 1380. The number of aromatic carboxylic acids is 2. The molecule has 4 aromatic carbocycles. The van der Waals surface area contributed by atoms with Crippen LogP contribution in [0.3, 0.4) is 0 Å². The summed E-state index contributed by atoms with van der Waals surface area (Å²) in [4.78, 5) is 44.0. The van der Waals surface area contributed by atoms with Gasteiger partial charge in [-0.15, -0.1) is 0 Å². The molecule has 0 unspecified atom stereocenters. The Morgan fingerprint density at radius 2 is 0.975 bits per heavy atom. The number of Topliss-reactive ketones (excluding diaryl/α,β-unsaturated/α-hetero) is 2. The number of hydrogen-bond donors (Lipinski definition) is 5. The molecule has 0 aliphatic carbocycles. The van der Waals surface area contributed by atoms with Crippen molar-refractivity contribution >= 4 is 40.6 Å². The van der Waals surface area contributed by atoms with Crippen molar-refractivity contribution in [1.82, 2.24) is 0 Å². The lowest BCUT2D eigenvalue weighted by Crippen LogP contribution is -2.04. The summed E-state index contributed by atoms with van der Waals surface area (Å²) >= 11 is 0. The number of benzene rings is 4. The number of carboxylic acids is 2. The van der Waals surface area contributed by atoms with Gasteiger partial charge in [-0.05, 0) is 73.2 Å². The molecule has 4 rings (SSSR count). The minimum absolute atomic E-state index is 0.00616. The number of carboxylic acid groups (broad SMARTS) is 2. The van der Waals surface area contributed by atoms with Crippen molar-refractivity contribution in [2.24, 2.45) is 0 Å². The van der Waals surface area contributed by atoms with Gasteiger partial charge in [0.15, 0.2) is 11.6 Å². The van der Waals surface area contributed by atoms with Gasteiger partial charge < -0.3 is 27.0 Å². The van der Waals surface area contributed by atoms with Gasteiger partial charge in [-0.3, -0.25) is 9.59 Å². The first-order chi connectivity index (χ1) is 19.0. The normalized spacial score (nSPS) is 9.65. The molecule has 206 valence electrons. The van der Waals surface area contributed by atoms with Crippen LogP contribution < -0.4 is 16.8 Å². The Morgan fingerprint density at radius 1 is 0.600 bits per heavy atom. The molecule has 0 spiro atoms. The molecule has 9 heteroatoms. The molecule has 4 aromatic rings. The Kier molecular flexibility index (Phi) is 11.6. The molecule has 0 saturated heterocycles. The number of ketones is 2. The van der Waals surface area contributed by atoms with Crippen molar-refractivity contribution in [2.75, 3.05) is 23.8 Å². The number of anilines is 3. The number of carbonyl (C=O) groups is 4. The van der Waals surface area contributed by atoms with E-state index in [9.17, 15) is 19.2 Å². The van der Waals surface area contributed by atoms with Crippen molar-refractivity contribution in [3.05, 3.63) is 125 Å². The highest BCUT2D eigenvalue weighted by Gasteiger charge is 2.08. The van der Waals surface area contributed by atoms with Crippen LogP contribution in [0.5, 0.6) is 0 Å². The minimum atomic E-state index is -1.06. The van der Waals surface area contributed by atoms with Crippen LogP contribution in [0, 0.1) is 0 Å². The maximum absolute atomic E-state index is 12.1. The number of rotatable bonds is 7. The maximum atomic E-state index is 12.1. The van der Waals surface area contributed by atoms with E-state index in [-0.39, 0.29) is 22.7 Å². The number of carbonyl (C=O) groups excluding carboxylic acids is 2. The van der Waals surface area contributed by atoms with Crippen LogP contribution >= 0.6 is 0 Å². The molecule has 40 heavy (non-hydrogen) atoms. The van der Waals surface area contributed by atoms with Crippen LogP contribution in [-0.4, -0.2) is 40.8 Å². The van der Waals surface area contributed by atoms with Gasteiger partial charge in [0.25, 0.3) is 0 Å². The molecule has 9 nitrogen and oxygen atoms in total. The first-order valence-corrected chi connectivity index (χ1v) is 12.1. The molecule has 0 radical (unpaired) electrons. The van der Waals surface area contributed by atoms with Crippen LogP contribution in [0.1, 0.15) is 53.9 Å². The fourth-order valence-corrected chi connectivity index (χ4v) is 3.22. The lowest BCUT2D eigenvalue weighted by atomic mass is 10.0. The molecule has 0 fully saturated rings. The third-order valence-corrected chi connectivity index (χ3v) is 5.54. The number of nitrogens with two attached hydrogens (primary N) is 2. The SMILES string of the molecule is CNc1ccc(CC(=O)c2ccc(C(C)=O)cc2)cc1.Nc1ccc(N)cc1.O=C(O)c1ccc(C(=O)O)cc1. The summed E-state index contributed by atoms with van der Waals surface area (Å²) in [5.74, 6) is -2.07. The average Bonchev–Trinajstić information content (AvgIpc) is 2.95. The largest absolute Gasteiger partial charge is 0.478 e. The highest BCUT2D eigenvalue weighted by molar-refractivity contribution is 5.99. The Balaban J connectivity index is 0.000000236. The van der Waals surface area contributed by atoms with Gasteiger partial charge >= 0.3 is 11.9 Å². The molecule has 0 aliphatic rings. The van der Waals surface area contributed by atoms with Crippen LogP contribution in [0.4, 0.5) is 17.1 Å². The van der Waals surface area contributed by atoms with Gasteiger partial charge in [-0.1, -0.05) is 36.4 Å². The highest BCUT2D eigenvalue weighted by atomic mass is 16.4. The van der Waals surface area contributed by atoms with Crippen molar-refractivity contribution in [3.63, 3.8) is 0 Å². The first-order valence-electron chi connectivity index (χ1n) is 12.1. The van der Waals surface area contributed by atoms with Gasteiger partial charge in [0, 0.05) is 41.7 Å². The summed E-state index contributed by atoms with van der Waals surface area (Å²) in [5.41, 5.74) is 15.7. The summed E-state index contributed by atoms with van der Waals surface area (Å²) in [6, 6.07) is 26.7. The lowest BCUT2D eigenvalue weighted by Gasteiger charge is -2.04. The zero-order valence-electron chi connectivity index (χ0n) is 22.1. The second-order valence-corrected chi connectivity index (χ2v) is 8.53. The van der Waals surface area contributed by atoms with Gasteiger partial charge in [0.05, 0.1) is 11.1 Å². The van der Waals surface area contributed by atoms with Gasteiger partial charge in [0.2, 0.25) is 0 Å². The monoisotopic (exact) mass is 541 g/mol. The van der Waals surface area contributed by atoms with E-state index in [1.165, 1.54) is 31.2 Å². The Labute approximate surface area is 232 Å². The number of nitrogens with one attached hydrogen (secondary N) is 1. The molecule has 0 atom stereocenters. The fraction of sp³-hybridized carbons (Fsp3) is 0.0968. The molecular formula is C31H31N3O6. The van der Waals surface area contributed by atoms with Crippen molar-refractivity contribution in [2.45, 2.75) is 13.3 Å². The number of nitrogen functional groups attached to an aromatic ring is 2. The predicted octanol–water partition coefficient (Wildman–Crippen LogP) is 5.29. The summed E-state index contributed by atoms with van der Waals surface area (Å²) in [6.07, 6.45) is 0.364. The second kappa shape index (κ2) is 15.1. The van der Waals surface area contributed by atoms with E-state index in [0.717, 1.165) is 22.6 Å². The van der Waals surface area contributed by atoms with E-state index >= 15 is 0 Å². The summed E-state index contributed by atoms with van der Waals surface area (Å²) in [6.45, 7) is 1.51. The van der Waals surface area contributed by atoms with E-state index in [4.69, 9.17) is 21.7 Å². The topological polar surface area (TPSA) is 173 Å². The molecule has 0 bridgehead atoms. The molecule has 0 heterocycles. The first kappa shape index (κ1) is 30.8. The molecule has 0 saturated carbocycles. The van der Waals surface area contributed by atoms with Gasteiger partial charge in [-0.25, -0.2) is 9.59 Å². The minimum Gasteiger partial charge on any atom is -0.478 e. The second-order valence-electron chi connectivity index (χ2n) is 8.53. The Hall–Kier alpha value is -5.44. The summed E-state index contributed by atoms with van der Waals surface area (Å²) < 4.78 is 0. The highest BCUT2D eigenvalue weighted by Crippen LogP contribution is 2.13. The lowest BCUT2D eigenvalue weighted by molar-refractivity contribution is 0.0681. The zero-order chi connectivity index (χ0) is 29.7. The van der Waals surface area contributed by atoms with Gasteiger partial charge in [-0.2, -0.15) is 0 Å². The molecule has 7 N–H and O–H groups in total. The van der Waals surface area contributed by atoms with E-state index in [1.54, 1.807) is 48.5 Å². The van der Waals surface area contributed by atoms with Crippen LogP contribution in [-0.2, 0) is 6.42 Å². The van der Waals surface area contributed by atoms with Crippen LogP contribution in [0.25, 0.3) is 0 Å². The van der Waals surface area contributed by atoms with Crippen molar-refractivity contribution in [3.8, 4) is 0 Å². The van der Waals surface area contributed by atoms with Crippen molar-refractivity contribution in [1.29, 1.82) is 0 Å². The van der Waals surface area contributed by atoms with Crippen molar-refractivity contribution < 1.29 is 29.4 Å². The molecular weight excluding hydrogens is 510 g/mol. The fourth-order valence-electron chi connectivity index (χ4n) is 3.22. The third kappa shape index (κ3) is 10.1. The number of hydrogen-bond acceptors (Lipinski definition) is 7. The maximum Gasteiger partial charge on any atom is 0.335 e. The standard InChI is InChI=1S/C17H17NO2.C8H6O4.C6H8N2/c1-12(19)14-5-7-15(8-6-14)17(20)11-13-3-9-16(18-2)10-4-13;9-7(10)5-1-2-6(4-3-5)8(11)12;7-5-1-2-6(8)4-3-5/h3-10,18H,11H2,1-2H3;1-4H,(H,9,10)(H,11,12);1-4H,7-8H2. The quantitative estimate of drug-likeness (QED) is 0.154. The molecule has 0 amide bonds. The summed E-state index contributed by atoms with van der Waals surface area (Å²) in [7, 11) is 1.86. The van der Waals surface area contributed by atoms with E-state index < -0.39 is 11.9 Å². The van der Waals surface area contributed by atoms with Crippen LogP contribution in [0.15, 0.2) is 97.1 Å². The van der Waals surface area contributed by atoms with Gasteiger partial charge in [0.1, 0.15) is 0 Å². The molecule has 0 aliphatic heterocycles. The van der Waals surface area contributed by atoms with E-state index in [0.29, 0.717) is 17.5 Å². The average molecular weight is 542 g/mol. The third-order valence-electron chi connectivity index (χ3n) is 5.54. The Morgan fingerprint density at radius 3 is 1.32 bits per heavy atom. The van der Waals surface area contributed by atoms with E-state index in [2.05, 4.69) is 5.32 Å². The van der Waals surface area contributed by atoms with Crippen LogP contribution in [0.2, 0.25) is 0 Å². The summed E-state index contributed by atoms with van der Waals surface area (Å²) in [5, 5.41) is 20.0. The smallest absolute Gasteiger partial charge is 0.335 e. The molecule has 0 aromatic heterocycles. The van der Waals surface area contributed by atoms with E-state index in [1.807, 2.05) is 31.3 Å². The zero-order valence-corrected chi connectivity index (χ0v) is 22.1. The predicted molar refractivity (Wildman–Crippen MR) is 156 cm³/mol.